The van der Waals surface area contributed by atoms with Crippen molar-refractivity contribution < 1.29 is 32.2 Å². The van der Waals surface area contributed by atoms with Crippen LogP contribution in [0.5, 0.6) is 0 Å². The molecule has 1 aromatic carbocycles. The molecule has 1 amide bonds. The molecule has 1 aliphatic rings. The minimum Gasteiger partial charge on any atom is -0.467 e. The van der Waals surface area contributed by atoms with Gasteiger partial charge in [-0.25, -0.2) is 22.8 Å². The van der Waals surface area contributed by atoms with Crippen LogP contribution >= 0.6 is 0 Å². The molecule has 162 valence electrons. The number of rotatable bonds is 3. The molecule has 0 saturated heterocycles. The number of hydrogen-bond acceptors (Lipinski definition) is 5. The second-order valence-electron chi connectivity index (χ2n) is 8.01. The first-order valence-corrected chi connectivity index (χ1v) is 9.26. The standard InChI is InChI=1S/C20H22F3N3O4/c1-20(2,3)17(18(27)29-4)24-19(28)26-15-5-6-30-9-11(15)16(25-26)10-7-13(22)14(23)8-12(10)21/h7-8,17H,5-6,9H2,1-4H3,(H,24,28)/t17-/m1/s1. The van der Waals surface area contributed by atoms with Gasteiger partial charge in [0.25, 0.3) is 0 Å². The van der Waals surface area contributed by atoms with Gasteiger partial charge in [-0.05, 0) is 11.5 Å². The van der Waals surface area contributed by atoms with Crippen molar-refractivity contribution in [2.45, 2.75) is 39.8 Å². The zero-order valence-electron chi connectivity index (χ0n) is 17.0. The van der Waals surface area contributed by atoms with Gasteiger partial charge in [-0.1, -0.05) is 20.8 Å². The molecule has 7 nitrogen and oxygen atoms in total. The number of aromatic nitrogens is 2. The fourth-order valence-corrected chi connectivity index (χ4v) is 3.26. The average Bonchev–Trinajstić information content (AvgIpc) is 3.07. The zero-order valence-corrected chi connectivity index (χ0v) is 17.0. The Labute approximate surface area is 171 Å². The number of ether oxygens (including phenoxy) is 2. The fourth-order valence-electron chi connectivity index (χ4n) is 3.26. The molecule has 1 aliphatic heterocycles. The van der Waals surface area contributed by atoms with Crippen molar-refractivity contribution in [3.63, 3.8) is 0 Å². The number of methoxy groups -OCH3 is 1. The summed E-state index contributed by atoms with van der Waals surface area (Å²) in [5.74, 6) is -4.22. The Morgan fingerprint density at radius 1 is 1.20 bits per heavy atom. The topological polar surface area (TPSA) is 82.5 Å². The monoisotopic (exact) mass is 425 g/mol. The van der Waals surface area contributed by atoms with Crippen LogP contribution in [-0.2, 0) is 27.3 Å². The third-order valence-electron chi connectivity index (χ3n) is 4.85. The van der Waals surface area contributed by atoms with Crippen molar-refractivity contribution in [3.8, 4) is 11.3 Å². The van der Waals surface area contributed by atoms with Crippen molar-refractivity contribution in [1.29, 1.82) is 0 Å². The molecule has 10 heteroatoms. The lowest BCUT2D eigenvalue weighted by Gasteiger charge is -2.29. The van der Waals surface area contributed by atoms with Gasteiger partial charge in [0, 0.05) is 23.6 Å². The molecule has 0 spiro atoms. The molecule has 0 fully saturated rings. The van der Waals surface area contributed by atoms with Crippen molar-refractivity contribution in [2.24, 2.45) is 5.41 Å². The minimum atomic E-state index is -1.33. The summed E-state index contributed by atoms with van der Waals surface area (Å²) in [6.45, 7) is 5.58. The normalized spacial score (nSPS) is 14.8. The van der Waals surface area contributed by atoms with Gasteiger partial charge < -0.3 is 14.8 Å². The number of esters is 1. The molecule has 1 N–H and O–H groups in total. The summed E-state index contributed by atoms with van der Waals surface area (Å²) in [7, 11) is 1.21. The van der Waals surface area contributed by atoms with Crippen LogP contribution in [0.1, 0.15) is 32.0 Å². The molecule has 0 aliphatic carbocycles. The Bertz CT molecular complexity index is 998. The molecule has 3 rings (SSSR count). The summed E-state index contributed by atoms with van der Waals surface area (Å²) < 4.78 is 52.6. The number of amides is 1. The number of nitrogens with zero attached hydrogens (tertiary/aromatic N) is 2. The van der Waals surface area contributed by atoms with Gasteiger partial charge in [0.1, 0.15) is 17.6 Å². The van der Waals surface area contributed by atoms with Crippen LogP contribution in [0.3, 0.4) is 0 Å². The molecule has 1 atom stereocenters. The van der Waals surface area contributed by atoms with Gasteiger partial charge in [0.05, 0.1) is 26.0 Å². The predicted molar refractivity (Wildman–Crippen MR) is 100 cm³/mol. The summed E-state index contributed by atoms with van der Waals surface area (Å²) in [6.07, 6.45) is 0.291. The average molecular weight is 425 g/mol. The Morgan fingerprint density at radius 3 is 2.50 bits per heavy atom. The fraction of sp³-hybridized carbons (Fsp3) is 0.450. The maximum absolute atomic E-state index is 14.4. The zero-order chi connectivity index (χ0) is 22.2. The maximum Gasteiger partial charge on any atom is 0.343 e. The summed E-state index contributed by atoms with van der Waals surface area (Å²) in [4.78, 5) is 25.1. The lowest BCUT2D eigenvalue weighted by atomic mass is 9.87. The van der Waals surface area contributed by atoms with Crippen LogP contribution in [0.25, 0.3) is 11.3 Å². The van der Waals surface area contributed by atoms with Crippen LogP contribution in [0.2, 0.25) is 0 Å². The van der Waals surface area contributed by atoms with E-state index in [0.717, 1.165) is 4.68 Å². The first-order chi connectivity index (χ1) is 14.0. The summed E-state index contributed by atoms with van der Waals surface area (Å²) in [5, 5.41) is 6.75. The minimum absolute atomic E-state index is 0.0239. The number of nitrogens with one attached hydrogen (secondary N) is 1. The highest BCUT2D eigenvalue weighted by Gasteiger charge is 2.35. The van der Waals surface area contributed by atoms with Gasteiger partial charge in [0.15, 0.2) is 11.6 Å². The number of carbonyl (C=O) groups is 2. The van der Waals surface area contributed by atoms with Crippen molar-refractivity contribution >= 4 is 12.0 Å². The second kappa shape index (κ2) is 8.10. The Kier molecular flexibility index (Phi) is 5.89. The highest BCUT2D eigenvalue weighted by Crippen LogP contribution is 2.32. The number of halogens is 3. The molecule has 0 radical (unpaired) electrons. The Balaban J connectivity index is 2.06. The number of hydrogen-bond donors (Lipinski definition) is 1. The molecule has 2 aromatic rings. The highest BCUT2D eigenvalue weighted by atomic mass is 19.2. The third kappa shape index (κ3) is 4.04. The quantitative estimate of drug-likeness (QED) is 0.603. The summed E-state index contributed by atoms with van der Waals surface area (Å²) in [6, 6.07) is -0.589. The van der Waals surface area contributed by atoms with E-state index in [2.05, 4.69) is 10.4 Å². The highest BCUT2D eigenvalue weighted by molar-refractivity contribution is 5.86. The van der Waals surface area contributed by atoms with E-state index in [1.165, 1.54) is 7.11 Å². The molecular formula is C20H22F3N3O4. The van der Waals surface area contributed by atoms with E-state index in [1.54, 1.807) is 20.8 Å². The molecular weight excluding hydrogens is 403 g/mol. The molecule has 2 heterocycles. The predicted octanol–water partition coefficient (Wildman–Crippen LogP) is 3.19. The first-order valence-electron chi connectivity index (χ1n) is 9.26. The number of fused-ring (bicyclic) bond motifs is 1. The molecule has 0 saturated carbocycles. The van der Waals surface area contributed by atoms with Gasteiger partial charge in [0.2, 0.25) is 0 Å². The van der Waals surface area contributed by atoms with Crippen LogP contribution < -0.4 is 5.32 Å². The SMILES string of the molecule is COC(=O)[C@@H](NC(=O)n1nc(-c2cc(F)c(F)cc2F)c2c1CCOC2)C(C)(C)C. The van der Waals surface area contributed by atoms with Gasteiger partial charge in [-0.2, -0.15) is 9.78 Å². The van der Waals surface area contributed by atoms with Gasteiger partial charge >= 0.3 is 12.0 Å². The van der Waals surface area contributed by atoms with E-state index in [0.29, 0.717) is 36.4 Å². The molecule has 0 unspecified atom stereocenters. The van der Waals surface area contributed by atoms with Crippen LogP contribution in [0.15, 0.2) is 12.1 Å². The van der Waals surface area contributed by atoms with E-state index in [4.69, 9.17) is 9.47 Å². The third-order valence-corrected chi connectivity index (χ3v) is 4.85. The lowest BCUT2D eigenvalue weighted by Crippen LogP contribution is -2.51. The van der Waals surface area contributed by atoms with Crippen molar-refractivity contribution in [2.75, 3.05) is 13.7 Å². The lowest BCUT2D eigenvalue weighted by molar-refractivity contribution is -0.145. The van der Waals surface area contributed by atoms with Gasteiger partial charge in [-0.15, -0.1) is 0 Å². The van der Waals surface area contributed by atoms with Crippen LogP contribution in [0, 0.1) is 22.9 Å². The van der Waals surface area contributed by atoms with Crippen LogP contribution in [0.4, 0.5) is 18.0 Å². The Morgan fingerprint density at radius 2 is 1.87 bits per heavy atom. The molecule has 30 heavy (non-hydrogen) atoms. The van der Waals surface area contributed by atoms with E-state index >= 15 is 0 Å². The molecule has 0 bridgehead atoms. The van der Waals surface area contributed by atoms with E-state index < -0.39 is 40.9 Å². The van der Waals surface area contributed by atoms with Crippen LogP contribution in [-0.4, -0.2) is 41.5 Å². The number of carbonyl (C=O) groups excluding carboxylic acids is 2. The number of benzene rings is 1. The van der Waals surface area contributed by atoms with E-state index in [-0.39, 0.29) is 17.9 Å². The smallest absolute Gasteiger partial charge is 0.343 e. The van der Waals surface area contributed by atoms with E-state index in [1.807, 2.05) is 0 Å². The second-order valence-corrected chi connectivity index (χ2v) is 8.01. The molecule has 1 aromatic heterocycles. The van der Waals surface area contributed by atoms with Gasteiger partial charge in [-0.3, -0.25) is 0 Å². The Hall–Kier alpha value is -2.88. The maximum atomic E-state index is 14.4. The largest absolute Gasteiger partial charge is 0.467 e. The van der Waals surface area contributed by atoms with Crippen molar-refractivity contribution in [3.05, 3.63) is 40.8 Å². The summed E-state index contributed by atoms with van der Waals surface area (Å²) in [5.41, 5.74) is -0.139. The van der Waals surface area contributed by atoms with Crippen molar-refractivity contribution in [1.82, 2.24) is 15.1 Å². The first kappa shape index (κ1) is 21.8. The summed E-state index contributed by atoms with van der Waals surface area (Å²) >= 11 is 0. The van der Waals surface area contributed by atoms with E-state index in [9.17, 15) is 22.8 Å².